The van der Waals surface area contributed by atoms with Crippen molar-refractivity contribution in [3.63, 3.8) is 0 Å². The quantitative estimate of drug-likeness (QED) is 0.805. The molecule has 0 radical (unpaired) electrons. The number of para-hydroxylation sites is 2. The maximum absolute atomic E-state index is 11.9. The minimum atomic E-state index is -0.226. The lowest BCUT2D eigenvalue weighted by atomic mass is 10.2. The Bertz CT molecular complexity index is 687. The molecule has 2 rings (SSSR count). The van der Waals surface area contributed by atoms with Gasteiger partial charge in [-0.2, -0.15) is 0 Å². The fourth-order valence-corrected chi connectivity index (χ4v) is 2.12. The number of nitrogens with one attached hydrogen (secondary N) is 1. The van der Waals surface area contributed by atoms with Gasteiger partial charge in [-0.25, -0.2) is 0 Å². The number of hydrogen-bond acceptors (Lipinski definition) is 5. The molecular weight excluding hydrogens is 310 g/mol. The lowest BCUT2D eigenvalue weighted by Gasteiger charge is -2.12. The van der Waals surface area contributed by atoms with Crippen LogP contribution in [0.1, 0.15) is 5.56 Å². The normalized spacial score (nSPS) is 9.96. The van der Waals surface area contributed by atoms with Crippen LogP contribution < -0.4 is 24.3 Å². The van der Waals surface area contributed by atoms with Crippen LogP contribution in [0.4, 0.5) is 0 Å². The van der Waals surface area contributed by atoms with Crippen LogP contribution >= 0.6 is 0 Å². The van der Waals surface area contributed by atoms with E-state index in [0.717, 1.165) is 5.56 Å². The van der Waals surface area contributed by atoms with E-state index in [1.807, 2.05) is 24.3 Å². The van der Waals surface area contributed by atoms with Crippen molar-refractivity contribution in [2.45, 2.75) is 6.54 Å². The van der Waals surface area contributed by atoms with E-state index in [2.05, 4.69) is 5.32 Å². The van der Waals surface area contributed by atoms with Gasteiger partial charge in [0.05, 0.1) is 21.3 Å². The summed E-state index contributed by atoms with van der Waals surface area (Å²) in [5.41, 5.74) is 0.901. The van der Waals surface area contributed by atoms with Crippen molar-refractivity contribution in [1.82, 2.24) is 5.32 Å². The molecule has 0 aliphatic heterocycles. The van der Waals surface area contributed by atoms with Gasteiger partial charge in [0.25, 0.3) is 5.91 Å². The predicted molar refractivity (Wildman–Crippen MR) is 89.9 cm³/mol. The molecule has 0 aliphatic rings. The van der Waals surface area contributed by atoms with Crippen LogP contribution in [-0.2, 0) is 11.3 Å². The summed E-state index contributed by atoms with van der Waals surface area (Å²) in [5.74, 6) is 2.16. The molecule has 0 aromatic heterocycles. The topological polar surface area (TPSA) is 66.0 Å². The zero-order valence-corrected chi connectivity index (χ0v) is 14.0. The molecule has 1 N–H and O–H groups in total. The van der Waals surface area contributed by atoms with Crippen LogP contribution in [0, 0.1) is 0 Å². The lowest BCUT2D eigenvalue weighted by Crippen LogP contribution is -2.28. The van der Waals surface area contributed by atoms with Gasteiger partial charge in [0.15, 0.2) is 29.6 Å². The lowest BCUT2D eigenvalue weighted by molar-refractivity contribution is -0.123. The van der Waals surface area contributed by atoms with E-state index in [0.29, 0.717) is 29.5 Å². The SMILES string of the molecule is COc1ccc(CNC(=O)COc2ccccc2OC)cc1OC. The first kappa shape index (κ1) is 17.5. The van der Waals surface area contributed by atoms with Crippen molar-refractivity contribution in [2.75, 3.05) is 27.9 Å². The molecule has 0 saturated heterocycles. The van der Waals surface area contributed by atoms with Gasteiger partial charge in [-0.15, -0.1) is 0 Å². The predicted octanol–water partition coefficient (Wildman–Crippen LogP) is 2.41. The summed E-state index contributed by atoms with van der Waals surface area (Å²) >= 11 is 0. The average Bonchev–Trinajstić information content (AvgIpc) is 2.64. The largest absolute Gasteiger partial charge is 0.493 e. The molecule has 0 heterocycles. The van der Waals surface area contributed by atoms with Gasteiger partial charge in [0.2, 0.25) is 0 Å². The summed E-state index contributed by atoms with van der Waals surface area (Å²) in [7, 11) is 4.70. The Hall–Kier alpha value is -2.89. The van der Waals surface area contributed by atoms with Crippen molar-refractivity contribution in [1.29, 1.82) is 0 Å². The second-order valence-corrected chi connectivity index (χ2v) is 4.91. The first-order valence-corrected chi connectivity index (χ1v) is 7.41. The average molecular weight is 331 g/mol. The molecule has 0 fully saturated rings. The number of rotatable bonds is 8. The van der Waals surface area contributed by atoms with E-state index in [1.54, 1.807) is 39.5 Å². The monoisotopic (exact) mass is 331 g/mol. The third-order valence-corrected chi connectivity index (χ3v) is 3.37. The van der Waals surface area contributed by atoms with Crippen LogP contribution in [0.3, 0.4) is 0 Å². The molecular formula is C18H21NO5. The molecule has 0 unspecified atom stereocenters. The van der Waals surface area contributed by atoms with Gasteiger partial charge in [0.1, 0.15) is 0 Å². The number of methoxy groups -OCH3 is 3. The fourth-order valence-electron chi connectivity index (χ4n) is 2.12. The molecule has 0 saturated carbocycles. The first-order chi connectivity index (χ1) is 11.7. The van der Waals surface area contributed by atoms with Crippen LogP contribution in [-0.4, -0.2) is 33.8 Å². The summed E-state index contributed by atoms with van der Waals surface area (Å²) < 4.78 is 21.1. The van der Waals surface area contributed by atoms with Crippen LogP contribution in [0.2, 0.25) is 0 Å². The maximum atomic E-state index is 11.9. The second kappa shape index (κ2) is 8.67. The maximum Gasteiger partial charge on any atom is 0.258 e. The highest BCUT2D eigenvalue weighted by molar-refractivity contribution is 5.77. The molecule has 2 aromatic carbocycles. The summed E-state index contributed by atoms with van der Waals surface area (Å²) in [4.78, 5) is 11.9. The van der Waals surface area contributed by atoms with Crippen molar-refractivity contribution in [2.24, 2.45) is 0 Å². The molecule has 2 aromatic rings. The molecule has 128 valence electrons. The number of hydrogen-bond donors (Lipinski definition) is 1. The van der Waals surface area contributed by atoms with Crippen molar-refractivity contribution in [3.05, 3.63) is 48.0 Å². The molecule has 24 heavy (non-hydrogen) atoms. The van der Waals surface area contributed by atoms with Gasteiger partial charge in [0, 0.05) is 6.54 Å². The Balaban J connectivity index is 1.87. The molecule has 0 bridgehead atoms. The zero-order chi connectivity index (χ0) is 17.4. The van der Waals surface area contributed by atoms with Gasteiger partial charge >= 0.3 is 0 Å². The van der Waals surface area contributed by atoms with E-state index in [-0.39, 0.29) is 12.5 Å². The highest BCUT2D eigenvalue weighted by atomic mass is 16.5. The molecule has 1 amide bonds. The van der Waals surface area contributed by atoms with E-state index >= 15 is 0 Å². The van der Waals surface area contributed by atoms with E-state index in [1.165, 1.54) is 0 Å². The minimum Gasteiger partial charge on any atom is -0.493 e. The molecule has 6 nitrogen and oxygen atoms in total. The fraction of sp³-hybridized carbons (Fsp3) is 0.278. The third kappa shape index (κ3) is 4.55. The first-order valence-electron chi connectivity index (χ1n) is 7.41. The third-order valence-electron chi connectivity index (χ3n) is 3.37. The number of ether oxygens (including phenoxy) is 4. The van der Waals surface area contributed by atoms with Gasteiger partial charge < -0.3 is 24.3 Å². The molecule has 0 spiro atoms. The molecule has 6 heteroatoms. The van der Waals surface area contributed by atoms with Crippen molar-refractivity contribution >= 4 is 5.91 Å². The number of benzene rings is 2. The number of carbonyl (C=O) groups excluding carboxylic acids is 1. The van der Waals surface area contributed by atoms with E-state index in [4.69, 9.17) is 18.9 Å². The van der Waals surface area contributed by atoms with Crippen LogP contribution in [0.15, 0.2) is 42.5 Å². The minimum absolute atomic E-state index is 0.0896. The highest BCUT2D eigenvalue weighted by Gasteiger charge is 2.08. The van der Waals surface area contributed by atoms with E-state index < -0.39 is 0 Å². The Morgan fingerprint density at radius 1 is 0.875 bits per heavy atom. The Morgan fingerprint density at radius 2 is 1.50 bits per heavy atom. The van der Waals surface area contributed by atoms with Crippen molar-refractivity contribution < 1.29 is 23.7 Å². The van der Waals surface area contributed by atoms with Gasteiger partial charge in [-0.3, -0.25) is 4.79 Å². The second-order valence-electron chi connectivity index (χ2n) is 4.91. The Morgan fingerprint density at radius 3 is 2.17 bits per heavy atom. The Labute approximate surface area is 141 Å². The highest BCUT2D eigenvalue weighted by Crippen LogP contribution is 2.27. The van der Waals surface area contributed by atoms with Gasteiger partial charge in [-0.1, -0.05) is 18.2 Å². The Kier molecular flexibility index (Phi) is 6.31. The van der Waals surface area contributed by atoms with Crippen molar-refractivity contribution in [3.8, 4) is 23.0 Å². The summed E-state index contributed by atoms with van der Waals surface area (Å²) in [5, 5.41) is 2.79. The zero-order valence-electron chi connectivity index (χ0n) is 14.0. The number of carbonyl (C=O) groups is 1. The molecule has 0 atom stereocenters. The standard InChI is InChI=1S/C18H21NO5/c1-21-14-6-4-5-7-16(14)24-12-18(20)19-11-13-8-9-15(22-2)17(10-13)23-3/h4-10H,11-12H2,1-3H3,(H,19,20). The molecule has 0 aliphatic carbocycles. The summed E-state index contributed by atoms with van der Waals surface area (Å²) in [6, 6.07) is 12.7. The number of amides is 1. The summed E-state index contributed by atoms with van der Waals surface area (Å²) in [6.45, 7) is 0.280. The summed E-state index contributed by atoms with van der Waals surface area (Å²) in [6.07, 6.45) is 0. The van der Waals surface area contributed by atoms with Gasteiger partial charge in [-0.05, 0) is 29.8 Å². The van der Waals surface area contributed by atoms with Crippen LogP contribution in [0.25, 0.3) is 0 Å². The smallest absolute Gasteiger partial charge is 0.258 e. The van der Waals surface area contributed by atoms with Crippen LogP contribution in [0.5, 0.6) is 23.0 Å². The van der Waals surface area contributed by atoms with E-state index in [9.17, 15) is 4.79 Å².